The summed E-state index contributed by atoms with van der Waals surface area (Å²) >= 11 is 1.52. The number of carbonyl (C=O) groups is 3. The number of hydrogen-bond donors (Lipinski definition) is 1. The summed E-state index contributed by atoms with van der Waals surface area (Å²) in [6, 6.07) is 12.0. The van der Waals surface area contributed by atoms with Crippen molar-refractivity contribution in [1.82, 2.24) is 20.1 Å². The van der Waals surface area contributed by atoms with Crippen LogP contribution in [0.4, 0.5) is 4.79 Å². The van der Waals surface area contributed by atoms with E-state index in [4.69, 9.17) is 9.47 Å². The Balaban J connectivity index is 1.32. The molecule has 5 rings (SSSR count). The number of benzene rings is 2. The highest BCUT2D eigenvalue weighted by atomic mass is 32.1. The number of urea groups is 1. The Kier molecular flexibility index (Phi) is 5.40. The summed E-state index contributed by atoms with van der Waals surface area (Å²) < 4.78 is 12.2. The van der Waals surface area contributed by atoms with Crippen LogP contribution in [0, 0.1) is 0 Å². The molecule has 34 heavy (non-hydrogen) atoms. The molecule has 1 fully saturated rings. The lowest BCUT2D eigenvalue weighted by Crippen LogP contribution is -2.44. The molecule has 10 heteroatoms. The van der Waals surface area contributed by atoms with Crippen molar-refractivity contribution in [3.8, 4) is 11.5 Å². The van der Waals surface area contributed by atoms with Crippen LogP contribution in [0.5, 0.6) is 11.5 Å². The normalized spacial score (nSPS) is 20.4. The molecule has 0 bridgehead atoms. The number of thiazole rings is 1. The molecule has 2 aliphatic rings. The maximum absolute atomic E-state index is 13.3. The second-order valence-electron chi connectivity index (χ2n) is 8.51. The fraction of sp³-hybridized carbons (Fsp3) is 0.333. The number of hydrogen-bond acceptors (Lipinski definition) is 7. The van der Waals surface area contributed by atoms with Gasteiger partial charge in [0.25, 0.3) is 5.91 Å². The van der Waals surface area contributed by atoms with Gasteiger partial charge in [-0.25, -0.2) is 9.78 Å². The second-order valence-corrected chi connectivity index (χ2v) is 9.57. The zero-order valence-electron chi connectivity index (χ0n) is 19.0. The Morgan fingerprint density at radius 3 is 2.71 bits per heavy atom. The van der Waals surface area contributed by atoms with Crippen LogP contribution in [0.2, 0.25) is 0 Å². The molecule has 0 radical (unpaired) electrons. The molecule has 2 aromatic carbocycles. The number of ether oxygens (including phenoxy) is 2. The minimum absolute atomic E-state index is 0.310. The number of likely N-dealkylation sites (N-methyl/N-ethyl adjacent to an activating group) is 1. The largest absolute Gasteiger partial charge is 0.486 e. The third-order valence-electron chi connectivity index (χ3n) is 6.33. The van der Waals surface area contributed by atoms with E-state index in [0.29, 0.717) is 30.3 Å². The first-order valence-electron chi connectivity index (χ1n) is 10.9. The summed E-state index contributed by atoms with van der Waals surface area (Å²) in [5, 5.41) is 3.52. The monoisotopic (exact) mass is 480 g/mol. The summed E-state index contributed by atoms with van der Waals surface area (Å²) in [5.74, 6) is 0.254. The SMILES string of the molecule is CC(c1nc2ccccc2s1)N(C)C(=O)CN1C(=O)NC(C)(c2ccc3c(c2)OCCO3)C1=O. The first-order valence-corrected chi connectivity index (χ1v) is 11.7. The zero-order chi connectivity index (χ0) is 24.0. The Morgan fingerprint density at radius 1 is 1.21 bits per heavy atom. The van der Waals surface area contributed by atoms with Crippen molar-refractivity contribution >= 4 is 39.4 Å². The average molecular weight is 481 g/mol. The summed E-state index contributed by atoms with van der Waals surface area (Å²) in [6.07, 6.45) is 0. The molecule has 3 heterocycles. The van der Waals surface area contributed by atoms with E-state index < -0.39 is 17.5 Å². The Bertz CT molecular complexity index is 1270. The molecule has 1 aromatic heterocycles. The molecule has 2 unspecified atom stereocenters. The van der Waals surface area contributed by atoms with Crippen LogP contribution in [0.1, 0.15) is 30.5 Å². The van der Waals surface area contributed by atoms with Gasteiger partial charge in [-0.3, -0.25) is 14.5 Å². The smallest absolute Gasteiger partial charge is 0.325 e. The quantitative estimate of drug-likeness (QED) is 0.564. The lowest BCUT2D eigenvalue weighted by molar-refractivity contribution is -0.139. The number of para-hydroxylation sites is 1. The molecule has 1 N–H and O–H groups in total. The van der Waals surface area contributed by atoms with Gasteiger partial charge in [-0.15, -0.1) is 11.3 Å². The van der Waals surface area contributed by atoms with Crippen molar-refractivity contribution in [3.63, 3.8) is 0 Å². The molecule has 176 valence electrons. The van der Waals surface area contributed by atoms with Crippen molar-refractivity contribution in [1.29, 1.82) is 0 Å². The Labute approximate surface area is 200 Å². The van der Waals surface area contributed by atoms with Gasteiger partial charge in [-0.05, 0) is 43.7 Å². The molecular formula is C24H24N4O5S. The standard InChI is InChI=1S/C24H24N4O5S/c1-14(21-25-16-6-4-5-7-19(16)34-21)27(3)20(29)13-28-22(30)24(2,26-23(28)31)15-8-9-17-18(12-15)33-11-10-32-17/h4-9,12,14H,10-11,13H2,1-3H3,(H,26,31). The van der Waals surface area contributed by atoms with Gasteiger partial charge < -0.3 is 19.7 Å². The molecule has 0 aliphatic carbocycles. The minimum atomic E-state index is -1.32. The van der Waals surface area contributed by atoms with Crippen molar-refractivity contribution in [3.05, 3.63) is 53.0 Å². The number of nitrogens with one attached hydrogen (secondary N) is 1. The summed E-state index contributed by atoms with van der Waals surface area (Å²) in [6.45, 7) is 4.00. The number of carbonyl (C=O) groups excluding carboxylic acids is 3. The number of amides is 4. The summed E-state index contributed by atoms with van der Waals surface area (Å²) in [4.78, 5) is 46.2. The highest BCUT2D eigenvalue weighted by molar-refractivity contribution is 7.18. The van der Waals surface area contributed by atoms with Crippen LogP contribution in [0.25, 0.3) is 10.2 Å². The van der Waals surface area contributed by atoms with Crippen molar-refractivity contribution in [2.75, 3.05) is 26.8 Å². The van der Waals surface area contributed by atoms with Gasteiger partial charge in [0.2, 0.25) is 5.91 Å². The predicted molar refractivity (Wildman–Crippen MR) is 126 cm³/mol. The molecule has 2 aliphatic heterocycles. The molecule has 3 aromatic rings. The fourth-order valence-electron chi connectivity index (χ4n) is 4.09. The van der Waals surface area contributed by atoms with Crippen molar-refractivity contribution in [2.45, 2.75) is 25.4 Å². The predicted octanol–water partition coefficient (Wildman–Crippen LogP) is 3.05. The van der Waals surface area contributed by atoms with Gasteiger partial charge in [0.05, 0.1) is 16.3 Å². The summed E-state index contributed by atoms with van der Waals surface area (Å²) in [7, 11) is 1.65. The zero-order valence-corrected chi connectivity index (χ0v) is 19.8. The van der Waals surface area contributed by atoms with Gasteiger partial charge >= 0.3 is 6.03 Å². The number of rotatable bonds is 5. The molecular weight excluding hydrogens is 456 g/mol. The maximum Gasteiger partial charge on any atom is 0.325 e. The van der Waals surface area contributed by atoms with E-state index in [1.54, 1.807) is 32.2 Å². The van der Waals surface area contributed by atoms with Crippen molar-refractivity contribution < 1.29 is 23.9 Å². The van der Waals surface area contributed by atoms with Crippen LogP contribution in [0.15, 0.2) is 42.5 Å². The Morgan fingerprint density at radius 2 is 1.94 bits per heavy atom. The summed E-state index contributed by atoms with van der Waals surface area (Å²) in [5.41, 5.74) is 0.116. The van der Waals surface area contributed by atoms with E-state index in [9.17, 15) is 14.4 Å². The fourth-order valence-corrected chi connectivity index (χ4v) is 5.15. The van der Waals surface area contributed by atoms with Crippen LogP contribution >= 0.6 is 11.3 Å². The molecule has 0 saturated carbocycles. The minimum Gasteiger partial charge on any atom is -0.486 e. The van der Waals surface area contributed by atoms with E-state index >= 15 is 0 Å². The lowest BCUT2D eigenvalue weighted by atomic mass is 9.91. The first kappa shape index (κ1) is 22.1. The first-order chi connectivity index (χ1) is 16.3. The van der Waals surface area contributed by atoms with Crippen LogP contribution in [-0.2, 0) is 15.1 Å². The molecule has 1 saturated heterocycles. The maximum atomic E-state index is 13.3. The number of fused-ring (bicyclic) bond motifs is 2. The van der Waals surface area contributed by atoms with E-state index in [0.717, 1.165) is 20.1 Å². The van der Waals surface area contributed by atoms with Crippen molar-refractivity contribution in [2.24, 2.45) is 0 Å². The third kappa shape index (κ3) is 3.63. The average Bonchev–Trinajstić information content (AvgIpc) is 3.38. The topological polar surface area (TPSA) is 101 Å². The van der Waals surface area contributed by atoms with Gasteiger partial charge in [0, 0.05) is 7.05 Å². The van der Waals surface area contributed by atoms with Gasteiger partial charge in [0.1, 0.15) is 30.3 Å². The number of imide groups is 1. The second kappa shape index (κ2) is 8.28. The van der Waals surface area contributed by atoms with E-state index in [1.165, 1.54) is 16.2 Å². The third-order valence-corrected chi connectivity index (χ3v) is 7.54. The Hall–Kier alpha value is -3.66. The molecule has 9 nitrogen and oxygen atoms in total. The van der Waals surface area contributed by atoms with Crippen LogP contribution < -0.4 is 14.8 Å². The van der Waals surface area contributed by atoms with Gasteiger partial charge in [-0.2, -0.15) is 0 Å². The molecule has 4 amide bonds. The molecule has 0 spiro atoms. The highest BCUT2D eigenvalue weighted by Gasteiger charge is 2.50. The number of aromatic nitrogens is 1. The van der Waals surface area contributed by atoms with Gasteiger partial charge in [0.15, 0.2) is 11.5 Å². The van der Waals surface area contributed by atoms with E-state index in [2.05, 4.69) is 10.3 Å². The highest BCUT2D eigenvalue weighted by Crippen LogP contribution is 2.37. The number of nitrogens with zero attached hydrogens (tertiary/aromatic N) is 3. The van der Waals surface area contributed by atoms with Crippen LogP contribution in [-0.4, -0.2) is 59.4 Å². The molecule has 2 atom stereocenters. The van der Waals surface area contributed by atoms with Crippen LogP contribution in [0.3, 0.4) is 0 Å². The van der Waals surface area contributed by atoms with E-state index in [-0.39, 0.29) is 18.5 Å². The van der Waals surface area contributed by atoms with Gasteiger partial charge in [-0.1, -0.05) is 18.2 Å². The van der Waals surface area contributed by atoms with E-state index in [1.807, 2.05) is 31.2 Å². The lowest BCUT2D eigenvalue weighted by Gasteiger charge is -2.26.